The summed E-state index contributed by atoms with van der Waals surface area (Å²) in [5, 5.41) is 2.90. The number of hydrogen-bond acceptors (Lipinski definition) is 3. The maximum Gasteiger partial charge on any atom is 0.224 e. The molecular weight excluding hydrogens is 204 g/mol. The van der Waals surface area contributed by atoms with Crippen LogP contribution in [0.3, 0.4) is 0 Å². The fourth-order valence-corrected chi connectivity index (χ4v) is 2.07. The second-order valence-electron chi connectivity index (χ2n) is 3.99. The molecule has 0 aliphatic carbocycles. The number of anilines is 2. The Morgan fingerprint density at radius 3 is 3.00 bits per heavy atom. The maximum absolute atomic E-state index is 11.4. The van der Waals surface area contributed by atoms with Crippen molar-refractivity contribution in [1.82, 2.24) is 0 Å². The predicted molar refractivity (Wildman–Crippen MR) is 63.1 cm³/mol. The highest BCUT2D eigenvalue weighted by Gasteiger charge is 2.17. The summed E-state index contributed by atoms with van der Waals surface area (Å²) in [5.74, 6) is 0.0758. The first-order valence-corrected chi connectivity index (χ1v) is 5.41. The van der Waals surface area contributed by atoms with Crippen molar-refractivity contribution in [1.29, 1.82) is 0 Å². The Morgan fingerprint density at radius 2 is 2.25 bits per heavy atom. The first-order chi connectivity index (χ1) is 7.72. The highest BCUT2D eigenvalue weighted by Crippen LogP contribution is 2.29. The summed E-state index contributed by atoms with van der Waals surface area (Å²) in [5.41, 5.74) is 9.66. The molecule has 86 valence electrons. The SMILES string of the molecule is COCc1c(N)ccc2c1CCCC(=O)N2. The Hall–Kier alpha value is -1.55. The van der Waals surface area contributed by atoms with Crippen LogP contribution in [-0.2, 0) is 22.6 Å². The Bertz CT molecular complexity index is 416. The Morgan fingerprint density at radius 1 is 1.44 bits per heavy atom. The molecule has 1 aromatic carbocycles. The second-order valence-corrected chi connectivity index (χ2v) is 3.99. The van der Waals surface area contributed by atoms with Crippen molar-refractivity contribution in [2.45, 2.75) is 25.9 Å². The number of carbonyl (C=O) groups excluding carboxylic acids is 1. The number of carbonyl (C=O) groups is 1. The first kappa shape index (κ1) is 11.0. The summed E-state index contributed by atoms with van der Waals surface area (Å²) < 4.78 is 5.15. The molecule has 1 heterocycles. The first-order valence-electron chi connectivity index (χ1n) is 5.41. The van der Waals surface area contributed by atoms with E-state index in [9.17, 15) is 4.79 Å². The molecule has 0 bridgehead atoms. The number of methoxy groups -OCH3 is 1. The van der Waals surface area contributed by atoms with E-state index >= 15 is 0 Å². The van der Waals surface area contributed by atoms with Crippen LogP contribution in [0.4, 0.5) is 11.4 Å². The highest BCUT2D eigenvalue weighted by atomic mass is 16.5. The molecule has 1 aliphatic rings. The Labute approximate surface area is 94.8 Å². The third-order valence-electron chi connectivity index (χ3n) is 2.86. The molecule has 4 nitrogen and oxygen atoms in total. The summed E-state index contributed by atoms with van der Waals surface area (Å²) in [4.78, 5) is 11.4. The molecule has 0 atom stereocenters. The molecule has 1 aromatic rings. The number of amides is 1. The van der Waals surface area contributed by atoms with Crippen LogP contribution in [0.2, 0.25) is 0 Å². The maximum atomic E-state index is 11.4. The van der Waals surface area contributed by atoms with Crippen LogP contribution in [-0.4, -0.2) is 13.0 Å². The van der Waals surface area contributed by atoms with Gasteiger partial charge in [0.15, 0.2) is 0 Å². The largest absolute Gasteiger partial charge is 0.398 e. The molecule has 1 amide bonds. The summed E-state index contributed by atoms with van der Waals surface area (Å²) in [6.07, 6.45) is 2.30. The number of ether oxygens (including phenoxy) is 1. The smallest absolute Gasteiger partial charge is 0.224 e. The Kier molecular flexibility index (Phi) is 3.10. The van der Waals surface area contributed by atoms with Crippen LogP contribution in [0, 0.1) is 0 Å². The molecule has 0 saturated carbocycles. The van der Waals surface area contributed by atoms with E-state index < -0.39 is 0 Å². The van der Waals surface area contributed by atoms with Gasteiger partial charge < -0.3 is 15.8 Å². The molecule has 1 aliphatic heterocycles. The van der Waals surface area contributed by atoms with Crippen molar-refractivity contribution in [2.75, 3.05) is 18.2 Å². The van der Waals surface area contributed by atoms with Gasteiger partial charge in [-0.25, -0.2) is 0 Å². The van der Waals surface area contributed by atoms with Crippen LogP contribution >= 0.6 is 0 Å². The van der Waals surface area contributed by atoms with E-state index in [0.29, 0.717) is 13.0 Å². The summed E-state index contributed by atoms with van der Waals surface area (Å²) >= 11 is 0. The predicted octanol–water partition coefficient (Wildman–Crippen LogP) is 1.69. The summed E-state index contributed by atoms with van der Waals surface area (Å²) in [7, 11) is 1.65. The lowest BCUT2D eigenvalue weighted by Gasteiger charge is -2.14. The molecule has 0 fully saturated rings. The van der Waals surface area contributed by atoms with Crippen LogP contribution in [0.1, 0.15) is 24.0 Å². The van der Waals surface area contributed by atoms with Crippen LogP contribution in [0.15, 0.2) is 12.1 Å². The van der Waals surface area contributed by atoms with Crippen molar-refractivity contribution in [3.8, 4) is 0 Å². The lowest BCUT2D eigenvalue weighted by atomic mass is 10.00. The third-order valence-corrected chi connectivity index (χ3v) is 2.86. The normalized spacial score (nSPS) is 15.2. The zero-order valence-electron chi connectivity index (χ0n) is 9.38. The van der Waals surface area contributed by atoms with Crippen LogP contribution in [0.5, 0.6) is 0 Å². The van der Waals surface area contributed by atoms with E-state index in [0.717, 1.165) is 35.3 Å². The molecular formula is C12H16N2O2. The van der Waals surface area contributed by atoms with Gasteiger partial charge in [0, 0.05) is 30.5 Å². The number of rotatable bonds is 2. The quantitative estimate of drug-likeness (QED) is 0.745. The van der Waals surface area contributed by atoms with E-state index in [1.807, 2.05) is 12.1 Å². The molecule has 16 heavy (non-hydrogen) atoms. The zero-order chi connectivity index (χ0) is 11.5. The van der Waals surface area contributed by atoms with Gasteiger partial charge in [0.1, 0.15) is 0 Å². The average molecular weight is 220 g/mol. The average Bonchev–Trinajstić information content (AvgIpc) is 2.44. The minimum Gasteiger partial charge on any atom is -0.398 e. The molecule has 0 aromatic heterocycles. The molecule has 4 heteroatoms. The topological polar surface area (TPSA) is 64.3 Å². The van der Waals surface area contributed by atoms with Crippen LogP contribution < -0.4 is 11.1 Å². The standard InChI is InChI=1S/C12H16N2O2/c1-16-7-9-8-3-2-4-12(15)14-11(8)6-5-10(9)13/h5-6H,2-4,7,13H2,1H3,(H,14,15). The molecule has 0 saturated heterocycles. The number of nitrogen functional groups attached to an aromatic ring is 1. The van der Waals surface area contributed by atoms with E-state index in [4.69, 9.17) is 10.5 Å². The van der Waals surface area contributed by atoms with Crippen molar-refractivity contribution in [2.24, 2.45) is 0 Å². The van der Waals surface area contributed by atoms with Crippen molar-refractivity contribution < 1.29 is 9.53 Å². The summed E-state index contributed by atoms with van der Waals surface area (Å²) in [6.45, 7) is 0.491. The lowest BCUT2D eigenvalue weighted by molar-refractivity contribution is -0.116. The molecule has 0 radical (unpaired) electrons. The molecule has 2 rings (SSSR count). The van der Waals surface area contributed by atoms with Crippen molar-refractivity contribution in [3.63, 3.8) is 0 Å². The van der Waals surface area contributed by atoms with Crippen molar-refractivity contribution >= 4 is 17.3 Å². The Balaban J connectivity index is 2.45. The van der Waals surface area contributed by atoms with E-state index in [1.54, 1.807) is 7.11 Å². The minimum atomic E-state index is 0.0758. The monoisotopic (exact) mass is 220 g/mol. The van der Waals surface area contributed by atoms with E-state index in [-0.39, 0.29) is 5.91 Å². The van der Waals surface area contributed by atoms with Crippen LogP contribution in [0.25, 0.3) is 0 Å². The van der Waals surface area contributed by atoms with E-state index in [2.05, 4.69) is 5.32 Å². The number of nitrogens with two attached hydrogens (primary N) is 1. The van der Waals surface area contributed by atoms with Crippen molar-refractivity contribution in [3.05, 3.63) is 23.3 Å². The zero-order valence-corrected chi connectivity index (χ0v) is 9.38. The van der Waals surface area contributed by atoms with Gasteiger partial charge in [-0.2, -0.15) is 0 Å². The lowest BCUT2D eigenvalue weighted by Crippen LogP contribution is -2.10. The number of nitrogens with one attached hydrogen (secondary N) is 1. The number of fused-ring (bicyclic) bond motifs is 1. The number of benzene rings is 1. The van der Waals surface area contributed by atoms with Gasteiger partial charge in [-0.3, -0.25) is 4.79 Å². The molecule has 3 N–H and O–H groups in total. The van der Waals surface area contributed by atoms with Gasteiger partial charge in [-0.15, -0.1) is 0 Å². The van der Waals surface area contributed by atoms with Gasteiger partial charge in [0.05, 0.1) is 6.61 Å². The fraction of sp³-hybridized carbons (Fsp3) is 0.417. The molecule has 0 unspecified atom stereocenters. The second kappa shape index (κ2) is 4.53. The van der Waals surface area contributed by atoms with E-state index in [1.165, 1.54) is 0 Å². The van der Waals surface area contributed by atoms with Gasteiger partial charge in [-0.05, 0) is 30.5 Å². The fourth-order valence-electron chi connectivity index (χ4n) is 2.07. The highest BCUT2D eigenvalue weighted by molar-refractivity contribution is 5.93. The molecule has 0 spiro atoms. The van der Waals surface area contributed by atoms with Gasteiger partial charge in [0.25, 0.3) is 0 Å². The van der Waals surface area contributed by atoms with Gasteiger partial charge >= 0.3 is 0 Å². The van der Waals surface area contributed by atoms with Gasteiger partial charge in [-0.1, -0.05) is 0 Å². The van der Waals surface area contributed by atoms with Gasteiger partial charge in [0.2, 0.25) is 5.91 Å². The third kappa shape index (κ3) is 2.02. The number of hydrogen-bond donors (Lipinski definition) is 2. The minimum absolute atomic E-state index is 0.0758. The summed E-state index contributed by atoms with van der Waals surface area (Å²) in [6, 6.07) is 3.69.